The topological polar surface area (TPSA) is 20.2 Å². The summed E-state index contributed by atoms with van der Waals surface area (Å²) in [6, 6.07) is 0. The molecule has 0 saturated heterocycles. The molecule has 0 aromatic carbocycles. The second-order valence-corrected chi connectivity index (χ2v) is 6.19. The Hall–Kier alpha value is -0.300. The summed E-state index contributed by atoms with van der Waals surface area (Å²) >= 11 is 0. The Labute approximate surface area is 86.2 Å². The van der Waals surface area contributed by atoms with Crippen molar-refractivity contribution in [3.05, 3.63) is 12.2 Å². The van der Waals surface area contributed by atoms with Gasteiger partial charge in [-0.3, -0.25) is 0 Å². The summed E-state index contributed by atoms with van der Waals surface area (Å²) in [6.07, 6.45) is 8.45. The normalized spacial score (nSPS) is 53.5. The van der Waals surface area contributed by atoms with E-state index in [1.165, 1.54) is 19.3 Å². The minimum atomic E-state index is -0.0495. The third-order valence-corrected chi connectivity index (χ3v) is 4.95. The molecule has 0 aromatic heterocycles. The molecule has 0 bridgehead atoms. The van der Waals surface area contributed by atoms with E-state index in [0.717, 1.165) is 17.8 Å². The highest BCUT2D eigenvalue weighted by atomic mass is 16.3. The van der Waals surface area contributed by atoms with Gasteiger partial charge in [-0.25, -0.2) is 0 Å². The van der Waals surface area contributed by atoms with Gasteiger partial charge in [0.1, 0.15) is 0 Å². The van der Waals surface area contributed by atoms with Crippen LogP contribution in [0.1, 0.15) is 33.1 Å². The van der Waals surface area contributed by atoms with Crippen molar-refractivity contribution in [2.45, 2.75) is 39.2 Å². The maximum Gasteiger partial charge on any atom is 0.0622 e. The third-order valence-electron chi connectivity index (χ3n) is 4.95. The first kappa shape index (κ1) is 8.96. The van der Waals surface area contributed by atoms with Crippen LogP contribution in [0.3, 0.4) is 0 Å². The molecule has 1 N–H and O–H groups in total. The van der Waals surface area contributed by atoms with Gasteiger partial charge in [-0.2, -0.15) is 0 Å². The van der Waals surface area contributed by atoms with E-state index >= 15 is 0 Å². The molecule has 0 radical (unpaired) electrons. The zero-order valence-corrected chi connectivity index (χ0v) is 9.11. The molecule has 5 atom stereocenters. The predicted molar refractivity (Wildman–Crippen MR) is 56.7 cm³/mol. The quantitative estimate of drug-likeness (QED) is 0.585. The monoisotopic (exact) mass is 192 g/mol. The van der Waals surface area contributed by atoms with E-state index < -0.39 is 0 Å². The molecule has 0 amide bonds. The fraction of sp³-hybridized carbons (Fsp3) is 0.846. The molecule has 2 unspecified atom stereocenters. The van der Waals surface area contributed by atoms with Crippen molar-refractivity contribution in [3.63, 3.8) is 0 Å². The van der Waals surface area contributed by atoms with Gasteiger partial charge in [0.2, 0.25) is 0 Å². The van der Waals surface area contributed by atoms with Crippen molar-refractivity contribution in [1.29, 1.82) is 0 Å². The van der Waals surface area contributed by atoms with Gasteiger partial charge in [-0.05, 0) is 48.3 Å². The van der Waals surface area contributed by atoms with Crippen LogP contribution in [0.15, 0.2) is 12.2 Å². The molecular weight excluding hydrogens is 172 g/mol. The first-order valence-corrected chi connectivity index (χ1v) is 5.94. The van der Waals surface area contributed by atoms with Gasteiger partial charge in [0.25, 0.3) is 0 Å². The van der Waals surface area contributed by atoms with Crippen LogP contribution in [0.2, 0.25) is 0 Å². The largest absolute Gasteiger partial charge is 0.392 e. The van der Waals surface area contributed by atoms with Crippen LogP contribution in [-0.2, 0) is 0 Å². The minimum absolute atomic E-state index is 0.0495. The lowest BCUT2D eigenvalue weighted by Crippen LogP contribution is -2.27. The molecule has 0 heterocycles. The van der Waals surface area contributed by atoms with Crippen molar-refractivity contribution in [1.82, 2.24) is 0 Å². The van der Waals surface area contributed by atoms with Crippen molar-refractivity contribution in [2.24, 2.45) is 29.1 Å². The van der Waals surface area contributed by atoms with Crippen molar-refractivity contribution >= 4 is 0 Å². The van der Waals surface area contributed by atoms with Crippen LogP contribution in [0, 0.1) is 29.1 Å². The van der Waals surface area contributed by atoms with Gasteiger partial charge in [-0.1, -0.05) is 26.0 Å². The van der Waals surface area contributed by atoms with Crippen molar-refractivity contribution in [3.8, 4) is 0 Å². The predicted octanol–water partition coefficient (Wildman–Crippen LogP) is 2.61. The van der Waals surface area contributed by atoms with Gasteiger partial charge in [0, 0.05) is 0 Å². The molecule has 2 saturated carbocycles. The average molecular weight is 192 g/mol. The number of allylic oxidation sites excluding steroid dienone is 2. The maximum absolute atomic E-state index is 10.3. The molecule has 0 aromatic rings. The third kappa shape index (κ3) is 0.995. The van der Waals surface area contributed by atoms with Gasteiger partial charge in [0.05, 0.1) is 6.10 Å². The van der Waals surface area contributed by atoms with Gasteiger partial charge in [-0.15, -0.1) is 0 Å². The maximum atomic E-state index is 10.3. The summed E-state index contributed by atoms with van der Waals surface area (Å²) in [5.74, 6) is 3.08. The van der Waals surface area contributed by atoms with E-state index in [4.69, 9.17) is 0 Å². The van der Waals surface area contributed by atoms with E-state index in [-0.39, 0.29) is 11.5 Å². The molecular formula is C13H20O. The zero-order chi connectivity index (χ0) is 9.92. The fourth-order valence-electron chi connectivity index (χ4n) is 4.25. The number of hydrogen-bond acceptors (Lipinski definition) is 1. The highest BCUT2D eigenvalue weighted by Crippen LogP contribution is 2.59. The first-order chi connectivity index (χ1) is 6.59. The smallest absolute Gasteiger partial charge is 0.0622 e. The van der Waals surface area contributed by atoms with Gasteiger partial charge >= 0.3 is 0 Å². The molecule has 14 heavy (non-hydrogen) atoms. The van der Waals surface area contributed by atoms with Crippen LogP contribution in [-0.4, -0.2) is 11.2 Å². The molecule has 0 spiro atoms. The van der Waals surface area contributed by atoms with E-state index in [9.17, 15) is 5.11 Å². The van der Waals surface area contributed by atoms with Crippen LogP contribution < -0.4 is 0 Å². The van der Waals surface area contributed by atoms with Crippen molar-refractivity contribution in [2.75, 3.05) is 0 Å². The lowest BCUT2D eigenvalue weighted by atomic mass is 9.82. The standard InChI is InChI=1S/C13H20O/c1-13(2)7-11-9-5-3-4-8(9)6-10(11)12(13)14/h3-4,8-12,14H,5-7H2,1-2H3/t8?,9?,10-,11+,12-/m1/s1. The first-order valence-electron chi connectivity index (χ1n) is 5.94. The average Bonchev–Trinajstić information content (AvgIpc) is 2.70. The second-order valence-electron chi connectivity index (χ2n) is 6.19. The number of fused-ring (bicyclic) bond motifs is 3. The second kappa shape index (κ2) is 2.63. The Bertz CT molecular complexity index is 279. The fourth-order valence-corrected chi connectivity index (χ4v) is 4.25. The van der Waals surface area contributed by atoms with E-state index in [1.807, 2.05) is 0 Å². The van der Waals surface area contributed by atoms with Crippen LogP contribution in [0.25, 0.3) is 0 Å². The van der Waals surface area contributed by atoms with Gasteiger partial charge < -0.3 is 5.11 Å². The Kier molecular flexibility index (Phi) is 1.69. The molecule has 2 fully saturated rings. The lowest BCUT2D eigenvalue weighted by molar-refractivity contribution is 0.0431. The molecule has 1 nitrogen and oxygen atoms in total. The summed E-state index contributed by atoms with van der Waals surface area (Å²) in [5, 5.41) is 10.3. The zero-order valence-electron chi connectivity index (χ0n) is 9.11. The van der Waals surface area contributed by atoms with E-state index in [1.54, 1.807) is 0 Å². The lowest BCUT2D eigenvalue weighted by Gasteiger charge is -2.26. The van der Waals surface area contributed by atoms with Gasteiger partial charge in [0.15, 0.2) is 0 Å². The summed E-state index contributed by atoms with van der Waals surface area (Å²) < 4.78 is 0. The number of aliphatic hydroxyl groups excluding tert-OH is 1. The Morgan fingerprint density at radius 2 is 2.00 bits per heavy atom. The number of aliphatic hydroxyl groups is 1. The molecule has 1 heteroatoms. The summed E-state index contributed by atoms with van der Waals surface area (Å²) in [4.78, 5) is 0. The number of rotatable bonds is 0. The molecule has 0 aliphatic heterocycles. The molecule has 3 aliphatic carbocycles. The van der Waals surface area contributed by atoms with Crippen LogP contribution in [0.4, 0.5) is 0 Å². The summed E-state index contributed by atoms with van der Waals surface area (Å²) in [7, 11) is 0. The number of hydrogen-bond donors (Lipinski definition) is 1. The Morgan fingerprint density at radius 3 is 2.79 bits per heavy atom. The SMILES string of the molecule is CC1(C)C[C@H]2C3CC=CC3C[C@H]2[C@H]1O. The highest BCUT2D eigenvalue weighted by Gasteiger charge is 2.55. The van der Waals surface area contributed by atoms with Crippen LogP contribution >= 0.6 is 0 Å². The molecule has 3 aliphatic rings. The van der Waals surface area contributed by atoms with Crippen molar-refractivity contribution < 1.29 is 5.11 Å². The minimum Gasteiger partial charge on any atom is -0.392 e. The van der Waals surface area contributed by atoms with E-state index in [0.29, 0.717) is 5.92 Å². The Morgan fingerprint density at radius 1 is 1.21 bits per heavy atom. The Balaban J connectivity index is 1.88. The summed E-state index contributed by atoms with van der Waals surface area (Å²) in [5.41, 5.74) is 0.170. The molecule has 3 rings (SSSR count). The van der Waals surface area contributed by atoms with Crippen LogP contribution in [0.5, 0.6) is 0 Å². The van der Waals surface area contributed by atoms with E-state index in [2.05, 4.69) is 26.0 Å². The highest BCUT2D eigenvalue weighted by molar-refractivity contribution is 5.13. The molecule has 78 valence electrons. The summed E-state index contributed by atoms with van der Waals surface area (Å²) in [6.45, 7) is 4.46.